The minimum atomic E-state index is 0.962. The lowest BCUT2D eigenvalue weighted by Gasteiger charge is -2.11. The van der Waals surface area contributed by atoms with Crippen molar-refractivity contribution in [2.45, 2.75) is 0 Å². The molecular weight excluding hydrogens is 384 g/mol. The van der Waals surface area contributed by atoms with Crippen molar-refractivity contribution in [3.8, 4) is 17.1 Å². The van der Waals surface area contributed by atoms with E-state index in [4.69, 9.17) is 4.98 Å². The SMILES string of the molecule is Brc1cccc2ccc(-c3cc4ccccc4n3-c3ccccc3)nc12. The maximum absolute atomic E-state index is 4.96. The molecule has 124 valence electrons. The average molecular weight is 399 g/mol. The maximum atomic E-state index is 4.96. The van der Waals surface area contributed by atoms with Crippen LogP contribution in [0.4, 0.5) is 0 Å². The summed E-state index contributed by atoms with van der Waals surface area (Å²) < 4.78 is 3.29. The second-order valence-corrected chi connectivity index (χ2v) is 7.12. The number of halogens is 1. The predicted molar refractivity (Wildman–Crippen MR) is 112 cm³/mol. The molecule has 0 N–H and O–H groups in total. The van der Waals surface area contributed by atoms with Crippen LogP contribution in [0.1, 0.15) is 0 Å². The third-order valence-electron chi connectivity index (χ3n) is 4.66. The fourth-order valence-electron chi connectivity index (χ4n) is 3.45. The van der Waals surface area contributed by atoms with Crippen LogP contribution < -0.4 is 0 Å². The molecule has 0 saturated heterocycles. The van der Waals surface area contributed by atoms with E-state index in [-0.39, 0.29) is 0 Å². The van der Waals surface area contributed by atoms with Gasteiger partial charge in [-0.05, 0) is 52.3 Å². The highest BCUT2D eigenvalue weighted by Gasteiger charge is 2.14. The minimum absolute atomic E-state index is 0.962. The second kappa shape index (κ2) is 6.11. The van der Waals surface area contributed by atoms with E-state index >= 15 is 0 Å². The molecule has 0 aliphatic carbocycles. The number of aromatic nitrogens is 2. The van der Waals surface area contributed by atoms with Crippen LogP contribution in [0.15, 0.2) is 95.5 Å². The van der Waals surface area contributed by atoms with E-state index < -0.39 is 0 Å². The molecule has 0 amide bonds. The topological polar surface area (TPSA) is 17.8 Å². The van der Waals surface area contributed by atoms with E-state index in [9.17, 15) is 0 Å². The van der Waals surface area contributed by atoms with Gasteiger partial charge in [-0.2, -0.15) is 0 Å². The van der Waals surface area contributed by atoms with Crippen molar-refractivity contribution >= 4 is 37.7 Å². The van der Waals surface area contributed by atoms with Gasteiger partial charge in [-0.3, -0.25) is 0 Å². The zero-order valence-corrected chi connectivity index (χ0v) is 15.5. The van der Waals surface area contributed by atoms with E-state index in [1.807, 2.05) is 18.2 Å². The van der Waals surface area contributed by atoms with E-state index in [2.05, 4.69) is 93.3 Å². The Labute approximate surface area is 159 Å². The van der Waals surface area contributed by atoms with Gasteiger partial charge in [0.25, 0.3) is 0 Å². The third kappa shape index (κ3) is 2.44. The fourth-order valence-corrected chi connectivity index (χ4v) is 3.92. The Hall–Kier alpha value is -2.91. The number of nitrogens with zero attached hydrogens (tertiary/aromatic N) is 2. The average Bonchev–Trinajstić information content (AvgIpc) is 3.08. The third-order valence-corrected chi connectivity index (χ3v) is 5.30. The first-order valence-corrected chi connectivity index (χ1v) is 9.32. The smallest absolute Gasteiger partial charge is 0.0878 e. The highest BCUT2D eigenvalue weighted by atomic mass is 79.9. The Bertz CT molecular complexity index is 1240. The Kier molecular flexibility index (Phi) is 3.61. The van der Waals surface area contributed by atoms with Gasteiger partial charge in [-0.25, -0.2) is 4.98 Å². The van der Waals surface area contributed by atoms with Gasteiger partial charge in [0.15, 0.2) is 0 Å². The first-order chi connectivity index (χ1) is 12.8. The molecule has 0 saturated carbocycles. The van der Waals surface area contributed by atoms with Crippen LogP contribution in [0.2, 0.25) is 0 Å². The lowest BCUT2D eigenvalue weighted by molar-refractivity contribution is 1.12. The van der Waals surface area contributed by atoms with Gasteiger partial charge in [-0.15, -0.1) is 0 Å². The van der Waals surface area contributed by atoms with Crippen LogP contribution in [0, 0.1) is 0 Å². The zero-order chi connectivity index (χ0) is 17.5. The van der Waals surface area contributed by atoms with Gasteiger partial charge in [0, 0.05) is 20.9 Å². The highest BCUT2D eigenvalue weighted by Crippen LogP contribution is 2.32. The van der Waals surface area contributed by atoms with Gasteiger partial charge >= 0.3 is 0 Å². The van der Waals surface area contributed by atoms with Crippen LogP contribution in [-0.2, 0) is 0 Å². The monoisotopic (exact) mass is 398 g/mol. The molecule has 0 aliphatic rings. The summed E-state index contributed by atoms with van der Waals surface area (Å²) in [5, 5.41) is 2.34. The molecule has 0 unspecified atom stereocenters. The maximum Gasteiger partial charge on any atom is 0.0878 e. The number of hydrogen-bond donors (Lipinski definition) is 0. The number of hydrogen-bond acceptors (Lipinski definition) is 1. The van der Waals surface area contributed by atoms with Gasteiger partial charge in [0.2, 0.25) is 0 Å². The molecule has 3 heteroatoms. The Balaban J connectivity index is 1.83. The van der Waals surface area contributed by atoms with E-state index in [0.29, 0.717) is 0 Å². The predicted octanol–water partition coefficient (Wildman–Crippen LogP) is 6.61. The van der Waals surface area contributed by atoms with Crippen LogP contribution in [0.25, 0.3) is 38.9 Å². The van der Waals surface area contributed by atoms with Crippen molar-refractivity contribution in [3.63, 3.8) is 0 Å². The van der Waals surface area contributed by atoms with Crippen molar-refractivity contribution in [2.24, 2.45) is 0 Å². The number of rotatable bonds is 2. The summed E-state index contributed by atoms with van der Waals surface area (Å²) >= 11 is 3.63. The van der Waals surface area contributed by atoms with Gasteiger partial charge in [0.1, 0.15) is 0 Å². The van der Waals surface area contributed by atoms with Gasteiger partial charge in [-0.1, -0.05) is 54.6 Å². The second-order valence-electron chi connectivity index (χ2n) is 6.27. The molecular formula is C23H15BrN2. The van der Waals surface area contributed by atoms with Crippen molar-refractivity contribution < 1.29 is 0 Å². The summed E-state index contributed by atoms with van der Waals surface area (Å²) in [7, 11) is 0. The molecule has 26 heavy (non-hydrogen) atoms. The Morgan fingerprint density at radius 2 is 1.46 bits per heavy atom. The van der Waals surface area contributed by atoms with Gasteiger partial charge in [0.05, 0.1) is 22.4 Å². The molecule has 0 fully saturated rings. The first-order valence-electron chi connectivity index (χ1n) is 8.53. The number of para-hydroxylation sites is 3. The fraction of sp³-hybridized carbons (Fsp3) is 0. The lowest BCUT2D eigenvalue weighted by Crippen LogP contribution is -1.98. The summed E-state index contributed by atoms with van der Waals surface area (Å²) in [4.78, 5) is 4.96. The molecule has 3 aromatic carbocycles. The number of pyridine rings is 1. The molecule has 0 bridgehead atoms. The summed E-state index contributed by atoms with van der Waals surface area (Å²) in [6.07, 6.45) is 0. The molecule has 2 nitrogen and oxygen atoms in total. The molecule has 0 atom stereocenters. The summed E-state index contributed by atoms with van der Waals surface area (Å²) in [6.45, 7) is 0. The van der Waals surface area contributed by atoms with Crippen LogP contribution in [0.3, 0.4) is 0 Å². The number of benzene rings is 3. The molecule has 2 aromatic heterocycles. The van der Waals surface area contributed by atoms with Crippen molar-refractivity contribution in [1.29, 1.82) is 0 Å². The molecule has 5 aromatic rings. The van der Waals surface area contributed by atoms with Crippen LogP contribution in [-0.4, -0.2) is 9.55 Å². The molecule has 0 aliphatic heterocycles. The standard InChI is InChI=1S/C23H15BrN2/c24-19-11-6-8-16-13-14-20(25-23(16)19)22-15-17-7-4-5-12-21(17)26(22)18-9-2-1-3-10-18/h1-15H. The van der Waals surface area contributed by atoms with E-state index in [1.54, 1.807) is 0 Å². The molecule has 2 heterocycles. The number of fused-ring (bicyclic) bond motifs is 2. The van der Waals surface area contributed by atoms with Crippen molar-refractivity contribution in [1.82, 2.24) is 9.55 Å². The van der Waals surface area contributed by atoms with Crippen molar-refractivity contribution in [3.05, 3.63) is 95.5 Å². The normalized spacial score (nSPS) is 11.3. The minimum Gasteiger partial charge on any atom is -0.308 e. The largest absolute Gasteiger partial charge is 0.308 e. The first kappa shape index (κ1) is 15.4. The summed E-state index contributed by atoms with van der Waals surface area (Å²) in [5.41, 5.74) is 5.36. The van der Waals surface area contributed by atoms with Crippen LogP contribution in [0.5, 0.6) is 0 Å². The summed E-state index contributed by atoms with van der Waals surface area (Å²) in [6, 6.07) is 31.5. The van der Waals surface area contributed by atoms with Crippen molar-refractivity contribution in [2.75, 3.05) is 0 Å². The zero-order valence-electron chi connectivity index (χ0n) is 13.9. The molecule has 5 rings (SSSR count). The van der Waals surface area contributed by atoms with E-state index in [0.717, 1.165) is 32.5 Å². The van der Waals surface area contributed by atoms with Crippen LogP contribution >= 0.6 is 15.9 Å². The lowest BCUT2D eigenvalue weighted by atomic mass is 10.1. The molecule has 0 radical (unpaired) electrons. The van der Waals surface area contributed by atoms with Gasteiger partial charge < -0.3 is 4.57 Å². The van der Waals surface area contributed by atoms with E-state index in [1.165, 1.54) is 10.9 Å². The Morgan fingerprint density at radius 3 is 2.35 bits per heavy atom. The summed E-state index contributed by atoms with van der Waals surface area (Å²) in [5.74, 6) is 0. The quantitative estimate of drug-likeness (QED) is 0.327. The molecule has 0 spiro atoms. The Morgan fingerprint density at radius 1 is 0.692 bits per heavy atom. The highest BCUT2D eigenvalue weighted by molar-refractivity contribution is 9.10.